The molecule has 1 aliphatic rings. The van der Waals surface area contributed by atoms with Gasteiger partial charge < -0.3 is 10.1 Å². The van der Waals surface area contributed by atoms with Crippen LogP contribution in [0.25, 0.3) is 6.08 Å². The molecule has 1 fully saturated rings. The van der Waals surface area contributed by atoms with Gasteiger partial charge in [-0.3, -0.25) is 9.69 Å². The molecule has 0 saturated carbocycles. The van der Waals surface area contributed by atoms with Crippen molar-refractivity contribution in [2.45, 2.75) is 6.92 Å². The number of nitrogens with one attached hydrogen (secondary N) is 1. The largest absolute Gasteiger partial charge is 0.379 e. The predicted molar refractivity (Wildman–Crippen MR) is 78.4 cm³/mol. The number of ether oxygens (including phenoxy) is 1. The highest BCUT2D eigenvalue weighted by atomic mass is 32.1. The van der Waals surface area contributed by atoms with Crippen molar-refractivity contribution in [3.8, 4) is 0 Å². The normalized spacial score (nSPS) is 16.9. The number of thiophene rings is 1. The lowest BCUT2D eigenvalue weighted by Gasteiger charge is -2.26. The summed E-state index contributed by atoms with van der Waals surface area (Å²) in [5.74, 6) is -0.0284. The molecule has 19 heavy (non-hydrogen) atoms. The van der Waals surface area contributed by atoms with Crippen molar-refractivity contribution >= 4 is 23.3 Å². The van der Waals surface area contributed by atoms with Gasteiger partial charge in [-0.25, -0.2) is 0 Å². The second-order valence-electron chi connectivity index (χ2n) is 4.53. The van der Waals surface area contributed by atoms with Gasteiger partial charge in [-0.15, -0.1) is 11.3 Å². The van der Waals surface area contributed by atoms with Gasteiger partial charge in [0.15, 0.2) is 0 Å². The van der Waals surface area contributed by atoms with Gasteiger partial charge in [-0.1, -0.05) is 0 Å². The molecule has 0 atom stereocenters. The Morgan fingerprint density at radius 1 is 1.47 bits per heavy atom. The Bertz CT molecular complexity index is 436. The molecule has 1 aliphatic heterocycles. The van der Waals surface area contributed by atoms with E-state index >= 15 is 0 Å². The van der Waals surface area contributed by atoms with E-state index in [4.69, 9.17) is 4.74 Å². The SMILES string of the molecule is Cc1ccc(/C=C/C(=O)NCCN2CCOCC2)s1. The number of aryl methyl sites for hydroxylation is 1. The molecule has 1 aromatic heterocycles. The van der Waals surface area contributed by atoms with Crippen LogP contribution in [-0.2, 0) is 9.53 Å². The minimum Gasteiger partial charge on any atom is -0.379 e. The number of amides is 1. The maximum Gasteiger partial charge on any atom is 0.244 e. The van der Waals surface area contributed by atoms with Crippen LogP contribution in [0.1, 0.15) is 9.75 Å². The number of hydrogen-bond donors (Lipinski definition) is 1. The quantitative estimate of drug-likeness (QED) is 0.832. The molecule has 0 aromatic carbocycles. The minimum atomic E-state index is -0.0284. The van der Waals surface area contributed by atoms with Crippen LogP contribution in [0, 0.1) is 6.92 Å². The highest BCUT2D eigenvalue weighted by Crippen LogP contribution is 2.16. The zero-order chi connectivity index (χ0) is 13.5. The summed E-state index contributed by atoms with van der Waals surface area (Å²) in [5.41, 5.74) is 0. The van der Waals surface area contributed by atoms with Crippen molar-refractivity contribution in [1.82, 2.24) is 10.2 Å². The summed E-state index contributed by atoms with van der Waals surface area (Å²) in [6.07, 6.45) is 3.46. The van der Waals surface area contributed by atoms with Crippen LogP contribution in [0.4, 0.5) is 0 Å². The number of nitrogens with zero attached hydrogens (tertiary/aromatic N) is 1. The topological polar surface area (TPSA) is 41.6 Å². The van der Waals surface area contributed by atoms with Gasteiger partial charge >= 0.3 is 0 Å². The summed E-state index contributed by atoms with van der Waals surface area (Å²) in [6.45, 7) is 7.15. The molecule has 0 aliphatic carbocycles. The molecule has 1 N–H and O–H groups in total. The third kappa shape index (κ3) is 5.14. The summed E-state index contributed by atoms with van der Waals surface area (Å²) in [4.78, 5) is 16.3. The summed E-state index contributed by atoms with van der Waals surface area (Å²) < 4.78 is 5.28. The Labute approximate surface area is 118 Å². The number of morpholine rings is 1. The molecule has 1 aromatic rings. The third-order valence-electron chi connectivity index (χ3n) is 2.99. The van der Waals surface area contributed by atoms with Crippen molar-refractivity contribution in [2.75, 3.05) is 39.4 Å². The van der Waals surface area contributed by atoms with Crippen molar-refractivity contribution in [2.24, 2.45) is 0 Å². The molecular formula is C14H20N2O2S. The first-order valence-corrected chi connectivity index (χ1v) is 7.38. The fourth-order valence-corrected chi connectivity index (χ4v) is 2.70. The van der Waals surface area contributed by atoms with Crippen LogP contribution < -0.4 is 5.32 Å². The Balaban J connectivity index is 1.65. The first-order valence-electron chi connectivity index (χ1n) is 6.56. The molecule has 1 saturated heterocycles. The van der Waals surface area contributed by atoms with E-state index in [9.17, 15) is 4.79 Å². The number of hydrogen-bond acceptors (Lipinski definition) is 4. The average molecular weight is 280 g/mol. The van der Waals surface area contributed by atoms with E-state index in [0.717, 1.165) is 37.7 Å². The van der Waals surface area contributed by atoms with Gasteiger partial charge in [0.1, 0.15) is 0 Å². The maximum atomic E-state index is 11.6. The van der Waals surface area contributed by atoms with Crippen LogP contribution in [0.15, 0.2) is 18.2 Å². The van der Waals surface area contributed by atoms with Crippen LogP contribution in [0.2, 0.25) is 0 Å². The van der Waals surface area contributed by atoms with Crippen molar-refractivity contribution < 1.29 is 9.53 Å². The van der Waals surface area contributed by atoms with E-state index in [1.807, 2.05) is 12.1 Å². The monoisotopic (exact) mass is 280 g/mol. The maximum absolute atomic E-state index is 11.6. The number of rotatable bonds is 5. The van der Waals surface area contributed by atoms with Crippen molar-refractivity contribution in [1.29, 1.82) is 0 Å². The average Bonchev–Trinajstić information content (AvgIpc) is 2.83. The van der Waals surface area contributed by atoms with Crippen LogP contribution >= 0.6 is 11.3 Å². The van der Waals surface area contributed by atoms with E-state index in [2.05, 4.69) is 23.2 Å². The lowest BCUT2D eigenvalue weighted by atomic mass is 10.3. The van der Waals surface area contributed by atoms with Gasteiger partial charge in [-0.05, 0) is 25.1 Å². The van der Waals surface area contributed by atoms with Crippen molar-refractivity contribution in [3.63, 3.8) is 0 Å². The molecule has 104 valence electrons. The molecule has 0 unspecified atom stereocenters. The Morgan fingerprint density at radius 3 is 2.95 bits per heavy atom. The van der Waals surface area contributed by atoms with Crippen LogP contribution in [0.5, 0.6) is 0 Å². The Morgan fingerprint density at radius 2 is 2.26 bits per heavy atom. The lowest BCUT2D eigenvalue weighted by molar-refractivity contribution is -0.116. The fraction of sp³-hybridized carbons (Fsp3) is 0.500. The van der Waals surface area contributed by atoms with E-state index < -0.39 is 0 Å². The first kappa shape index (κ1) is 14.2. The van der Waals surface area contributed by atoms with E-state index in [0.29, 0.717) is 6.54 Å². The third-order valence-corrected chi connectivity index (χ3v) is 3.96. The summed E-state index contributed by atoms with van der Waals surface area (Å²) in [6, 6.07) is 4.08. The second kappa shape index (κ2) is 7.43. The summed E-state index contributed by atoms with van der Waals surface area (Å²) >= 11 is 1.69. The molecule has 1 amide bonds. The zero-order valence-corrected chi connectivity index (χ0v) is 12.0. The predicted octanol–water partition coefficient (Wildman–Crippen LogP) is 1.52. The standard InChI is InChI=1S/C14H20N2O2S/c1-12-2-3-13(19-12)4-5-14(17)15-6-7-16-8-10-18-11-9-16/h2-5H,6-11H2,1H3,(H,15,17)/b5-4+. The second-order valence-corrected chi connectivity index (χ2v) is 5.85. The smallest absolute Gasteiger partial charge is 0.244 e. The van der Waals surface area contributed by atoms with Gasteiger partial charge in [-0.2, -0.15) is 0 Å². The van der Waals surface area contributed by atoms with Crippen LogP contribution in [0.3, 0.4) is 0 Å². The molecule has 0 radical (unpaired) electrons. The molecule has 2 rings (SSSR count). The number of carbonyl (C=O) groups excluding carboxylic acids is 1. The van der Waals surface area contributed by atoms with E-state index in [-0.39, 0.29) is 5.91 Å². The van der Waals surface area contributed by atoms with E-state index in [1.165, 1.54) is 4.88 Å². The molecule has 0 bridgehead atoms. The first-order chi connectivity index (χ1) is 9.24. The van der Waals surface area contributed by atoms with Gasteiger partial charge in [0, 0.05) is 42.0 Å². The van der Waals surface area contributed by atoms with E-state index in [1.54, 1.807) is 17.4 Å². The number of carbonyl (C=O) groups is 1. The van der Waals surface area contributed by atoms with Crippen molar-refractivity contribution in [3.05, 3.63) is 28.0 Å². The Hall–Kier alpha value is -1.17. The van der Waals surface area contributed by atoms with Crippen LogP contribution in [-0.4, -0.2) is 50.2 Å². The molecular weight excluding hydrogens is 260 g/mol. The highest BCUT2D eigenvalue weighted by Gasteiger charge is 2.09. The lowest BCUT2D eigenvalue weighted by Crippen LogP contribution is -2.41. The summed E-state index contributed by atoms with van der Waals surface area (Å²) in [5, 5.41) is 2.90. The van der Waals surface area contributed by atoms with Gasteiger partial charge in [0.2, 0.25) is 5.91 Å². The fourth-order valence-electron chi connectivity index (χ4n) is 1.92. The molecule has 0 spiro atoms. The van der Waals surface area contributed by atoms with Gasteiger partial charge in [0.25, 0.3) is 0 Å². The highest BCUT2D eigenvalue weighted by molar-refractivity contribution is 7.12. The molecule has 2 heterocycles. The zero-order valence-electron chi connectivity index (χ0n) is 11.2. The molecule has 4 nitrogen and oxygen atoms in total. The van der Waals surface area contributed by atoms with Gasteiger partial charge in [0.05, 0.1) is 13.2 Å². The minimum absolute atomic E-state index is 0.0284. The Kier molecular flexibility index (Phi) is 5.57. The summed E-state index contributed by atoms with van der Waals surface area (Å²) in [7, 11) is 0. The molecule has 5 heteroatoms.